The number of piperazine rings is 1. The number of methoxy groups -OCH3 is 2. The summed E-state index contributed by atoms with van der Waals surface area (Å²) in [5, 5.41) is 13.0. The van der Waals surface area contributed by atoms with Crippen LogP contribution in [0.3, 0.4) is 0 Å². The van der Waals surface area contributed by atoms with Gasteiger partial charge in [0, 0.05) is 26.2 Å². The molecule has 2 fully saturated rings. The zero-order chi connectivity index (χ0) is 23.5. The van der Waals surface area contributed by atoms with Gasteiger partial charge in [-0.15, -0.1) is 5.10 Å². The number of nitrogens with zero attached hydrogens (tertiary/aromatic N) is 6. The van der Waals surface area contributed by atoms with Crippen LogP contribution in [0.15, 0.2) is 41.0 Å². The van der Waals surface area contributed by atoms with Gasteiger partial charge in [-0.2, -0.15) is 0 Å². The van der Waals surface area contributed by atoms with Crippen LogP contribution < -0.4 is 9.47 Å². The number of rotatable bonds is 7. The van der Waals surface area contributed by atoms with Crippen molar-refractivity contribution >= 4 is 5.91 Å². The molecule has 1 aliphatic heterocycles. The van der Waals surface area contributed by atoms with E-state index in [1.54, 1.807) is 26.4 Å². The minimum atomic E-state index is -0.170. The van der Waals surface area contributed by atoms with Crippen molar-refractivity contribution in [2.24, 2.45) is 0 Å². The molecule has 5 rings (SSSR count). The van der Waals surface area contributed by atoms with E-state index >= 15 is 0 Å². The number of hydrogen-bond acceptors (Lipinski definition) is 8. The Bertz CT molecular complexity index is 1100. The summed E-state index contributed by atoms with van der Waals surface area (Å²) in [6, 6.07) is 9.54. The maximum absolute atomic E-state index is 12.8. The molecule has 2 aliphatic rings. The molecule has 0 bridgehead atoms. The molecular weight excluding hydrogens is 436 g/mol. The van der Waals surface area contributed by atoms with E-state index in [9.17, 15) is 4.79 Å². The number of benzene rings is 1. The van der Waals surface area contributed by atoms with Crippen LogP contribution in [0.2, 0.25) is 0 Å². The molecule has 1 amide bonds. The number of hydrogen-bond donors (Lipinski definition) is 0. The quantitative estimate of drug-likeness (QED) is 0.524. The van der Waals surface area contributed by atoms with Gasteiger partial charge >= 0.3 is 0 Å². The fraction of sp³-hybridized carbons (Fsp3) is 0.500. The highest BCUT2D eigenvalue weighted by atomic mass is 16.5. The Morgan fingerprint density at radius 2 is 1.82 bits per heavy atom. The first-order valence-corrected chi connectivity index (χ1v) is 11.8. The summed E-state index contributed by atoms with van der Waals surface area (Å²) in [7, 11) is 3.27. The smallest absolute Gasteiger partial charge is 0.289 e. The number of carbonyl (C=O) groups is 1. The molecule has 0 spiro atoms. The molecular formula is C24H30N6O4. The normalized spacial score (nSPS) is 18.2. The minimum absolute atomic E-state index is 0.0805. The van der Waals surface area contributed by atoms with Crippen molar-refractivity contribution in [2.75, 3.05) is 40.4 Å². The first-order valence-electron chi connectivity index (χ1n) is 11.8. The van der Waals surface area contributed by atoms with Crippen LogP contribution in [0.5, 0.6) is 11.5 Å². The standard InChI is InChI=1S/C24H30N6O4/c1-32-19-10-9-17(16-21(19)33-2)22(23-25-26-27-30(23)18-6-3-4-7-18)28-11-13-29(14-12-28)24(31)20-8-5-15-34-20/h5,8-10,15-16,18,22H,3-4,6-7,11-14H2,1-2H3/t22-/m1/s1. The maximum atomic E-state index is 12.8. The molecule has 180 valence electrons. The average Bonchev–Trinajstić information content (AvgIpc) is 3.67. The summed E-state index contributed by atoms with van der Waals surface area (Å²) in [6.07, 6.45) is 6.08. The van der Waals surface area contributed by atoms with Crippen molar-refractivity contribution in [3.63, 3.8) is 0 Å². The molecule has 1 saturated heterocycles. The van der Waals surface area contributed by atoms with E-state index in [2.05, 4.69) is 20.4 Å². The first-order chi connectivity index (χ1) is 16.7. The second-order valence-corrected chi connectivity index (χ2v) is 8.74. The second-order valence-electron chi connectivity index (χ2n) is 8.74. The summed E-state index contributed by atoms with van der Waals surface area (Å²) < 4.78 is 18.4. The SMILES string of the molecule is COc1ccc([C@H](c2nnnn2C2CCCC2)N2CCN(C(=O)c3ccco3)CC2)cc1OC. The zero-order valence-electron chi connectivity index (χ0n) is 19.6. The predicted molar refractivity (Wildman–Crippen MR) is 123 cm³/mol. The number of aromatic nitrogens is 4. The van der Waals surface area contributed by atoms with Crippen LogP contribution in [-0.4, -0.2) is 76.3 Å². The Morgan fingerprint density at radius 1 is 1.06 bits per heavy atom. The van der Waals surface area contributed by atoms with Crippen LogP contribution in [0.4, 0.5) is 0 Å². The van der Waals surface area contributed by atoms with Gasteiger partial charge in [-0.3, -0.25) is 9.69 Å². The maximum Gasteiger partial charge on any atom is 0.289 e. The Morgan fingerprint density at radius 3 is 2.50 bits per heavy atom. The molecule has 0 unspecified atom stereocenters. The molecule has 1 aliphatic carbocycles. The van der Waals surface area contributed by atoms with E-state index in [1.807, 2.05) is 27.8 Å². The summed E-state index contributed by atoms with van der Waals surface area (Å²) >= 11 is 0. The summed E-state index contributed by atoms with van der Waals surface area (Å²) in [6.45, 7) is 2.55. The van der Waals surface area contributed by atoms with Crippen LogP contribution >= 0.6 is 0 Å². The first kappa shape index (κ1) is 22.4. The van der Waals surface area contributed by atoms with Crippen molar-refractivity contribution in [3.05, 3.63) is 53.7 Å². The molecule has 10 heteroatoms. The molecule has 2 aromatic heterocycles. The summed E-state index contributed by atoms with van der Waals surface area (Å²) in [5.74, 6) is 2.45. The molecule has 1 saturated carbocycles. The third kappa shape index (κ3) is 4.25. The monoisotopic (exact) mass is 466 g/mol. The van der Waals surface area contributed by atoms with Gasteiger partial charge in [-0.1, -0.05) is 18.9 Å². The van der Waals surface area contributed by atoms with E-state index in [-0.39, 0.29) is 11.9 Å². The molecule has 10 nitrogen and oxygen atoms in total. The third-order valence-electron chi connectivity index (χ3n) is 6.86. The molecule has 34 heavy (non-hydrogen) atoms. The largest absolute Gasteiger partial charge is 0.493 e. The fourth-order valence-electron chi connectivity index (χ4n) is 5.07. The molecule has 1 atom stereocenters. The molecule has 0 radical (unpaired) electrons. The number of tetrazole rings is 1. The summed E-state index contributed by atoms with van der Waals surface area (Å²) in [4.78, 5) is 16.9. The Balaban J connectivity index is 1.45. The van der Waals surface area contributed by atoms with Crippen molar-refractivity contribution in [1.29, 1.82) is 0 Å². The van der Waals surface area contributed by atoms with Gasteiger partial charge in [0.05, 0.1) is 32.6 Å². The van der Waals surface area contributed by atoms with Gasteiger partial charge in [0.2, 0.25) is 0 Å². The highest BCUT2D eigenvalue weighted by Crippen LogP contribution is 2.37. The lowest BCUT2D eigenvalue weighted by Crippen LogP contribution is -2.50. The number of furan rings is 1. The highest BCUT2D eigenvalue weighted by Gasteiger charge is 2.34. The van der Waals surface area contributed by atoms with E-state index in [0.717, 1.165) is 24.2 Å². The van der Waals surface area contributed by atoms with Crippen molar-refractivity contribution in [1.82, 2.24) is 30.0 Å². The van der Waals surface area contributed by atoms with Crippen molar-refractivity contribution < 1.29 is 18.7 Å². The number of carbonyl (C=O) groups excluding carboxylic acids is 1. The van der Waals surface area contributed by atoms with Crippen molar-refractivity contribution in [3.8, 4) is 11.5 Å². The van der Waals surface area contributed by atoms with Crippen LogP contribution in [0.25, 0.3) is 0 Å². The van der Waals surface area contributed by atoms with Gasteiger partial charge in [-0.25, -0.2) is 4.68 Å². The summed E-state index contributed by atoms with van der Waals surface area (Å²) in [5.41, 5.74) is 1.03. The van der Waals surface area contributed by atoms with E-state index < -0.39 is 0 Å². The van der Waals surface area contributed by atoms with E-state index in [0.29, 0.717) is 49.5 Å². The predicted octanol–water partition coefficient (Wildman–Crippen LogP) is 2.95. The Kier molecular flexibility index (Phi) is 6.48. The molecule has 3 aromatic rings. The third-order valence-corrected chi connectivity index (χ3v) is 6.86. The van der Waals surface area contributed by atoms with Crippen LogP contribution in [0, 0.1) is 0 Å². The zero-order valence-corrected chi connectivity index (χ0v) is 19.6. The van der Waals surface area contributed by atoms with Gasteiger partial charge in [0.25, 0.3) is 5.91 Å². The van der Waals surface area contributed by atoms with Crippen LogP contribution in [-0.2, 0) is 0 Å². The lowest BCUT2D eigenvalue weighted by Gasteiger charge is -2.39. The number of amides is 1. The average molecular weight is 467 g/mol. The Hall–Kier alpha value is -3.40. The molecule has 3 heterocycles. The molecule has 0 N–H and O–H groups in total. The van der Waals surface area contributed by atoms with Gasteiger partial charge in [0.15, 0.2) is 23.1 Å². The van der Waals surface area contributed by atoms with Gasteiger partial charge in [-0.05, 0) is 53.1 Å². The Labute approximate surface area is 198 Å². The second kappa shape index (κ2) is 9.84. The number of ether oxygens (including phenoxy) is 2. The van der Waals surface area contributed by atoms with Crippen LogP contribution in [0.1, 0.15) is 59.7 Å². The lowest BCUT2D eigenvalue weighted by molar-refractivity contribution is 0.0558. The molecule has 1 aromatic carbocycles. The highest BCUT2D eigenvalue weighted by molar-refractivity contribution is 5.91. The van der Waals surface area contributed by atoms with Gasteiger partial charge < -0.3 is 18.8 Å². The minimum Gasteiger partial charge on any atom is -0.493 e. The van der Waals surface area contributed by atoms with Crippen molar-refractivity contribution in [2.45, 2.75) is 37.8 Å². The van der Waals surface area contributed by atoms with E-state index in [4.69, 9.17) is 13.9 Å². The van der Waals surface area contributed by atoms with E-state index in [1.165, 1.54) is 19.1 Å². The van der Waals surface area contributed by atoms with Gasteiger partial charge in [0.1, 0.15) is 0 Å². The topological polar surface area (TPSA) is 98.8 Å². The fourth-order valence-corrected chi connectivity index (χ4v) is 5.07. The lowest BCUT2D eigenvalue weighted by atomic mass is 10.0.